The molecule has 1 aromatic carbocycles. The minimum Gasteiger partial charge on any atom is -0.316 e. The van der Waals surface area contributed by atoms with Crippen molar-refractivity contribution in [2.45, 2.75) is 57.9 Å². The Bertz CT molecular complexity index is 439. The fourth-order valence-electron chi connectivity index (χ4n) is 3.72. The van der Waals surface area contributed by atoms with Crippen molar-refractivity contribution in [3.05, 3.63) is 33.8 Å². The standard InChI is InChI=1S/C18H27Cl2N/c1-3-4-13-5-7-14(8-6-13)18(21-2)11-15-9-10-16(19)12-17(15)20/h9-10,12-14,18,21H,3-8,11H2,1-2H3. The summed E-state index contributed by atoms with van der Waals surface area (Å²) < 4.78 is 0. The molecule has 0 bridgehead atoms. The van der Waals surface area contributed by atoms with Gasteiger partial charge in [0.25, 0.3) is 0 Å². The van der Waals surface area contributed by atoms with Crippen LogP contribution in [0.5, 0.6) is 0 Å². The van der Waals surface area contributed by atoms with E-state index in [-0.39, 0.29) is 0 Å². The van der Waals surface area contributed by atoms with E-state index in [0.29, 0.717) is 11.1 Å². The van der Waals surface area contributed by atoms with Gasteiger partial charge in [-0.1, -0.05) is 61.9 Å². The van der Waals surface area contributed by atoms with Gasteiger partial charge in [-0.3, -0.25) is 0 Å². The number of halogens is 2. The van der Waals surface area contributed by atoms with Gasteiger partial charge in [0, 0.05) is 16.1 Å². The first kappa shape index (κ1) is 17.1. The monoisotopic (exact) mass is 327 g/mol. The summed E-state index contributed by atoms with van der Waals surface area (Å²) in [6.07, 6.45) is 9.21. The van der Waals surface area contributed by atoms with Crippen molar-refractivity contribution in [1.82, 2.24) is 5.32 Å². The highest BCUT2D eigenvalue weighted by Gasteiger charge is 2.26. The third-order valence-electron chi connectivity index (χ3n) is 4.98. The van der Waals surface area contributed by atoms with E-state index in [1.165, 1.54) is 44.1 Å². The predicted octanol–water partition coefficient (Wildman–Crippen LogP) is 5.73. The summed E-state index contributed by atoms with van der Waals surface area (Å²) in [6, 6.07) is 6.38. The number of benzene rings is 1. The molecule has 1 fully saturated rings. The number of nitrogens with one attached hydrogen (secondary N) is 1. The lowest BCUT2D eigenvalue weighted by Crippen LogP contribution is -2.37. The quantitative estimate of drug-likeness (QED) is 0.703. The first-order chi connectivity index (χ1) is 10.1. The maximum Gasteiger partial charge on any atom is 0.0453 e. The van der Waals surface area contributed by atoms with Crippen LogP contribution < -0.4 is 5.32 Å². The van der Waals surface area contributed by atoms with Gasteiger partial charge in [0.15, 0.2) is 0 Å². The highest BCUT2D eigenvalue weighted by molar-refractivity contribution is 6.35. The molecule has 0 saturated heterocycles. The van der Waals surface area contributed by atoms with Gasteiger partial charge in [0.2, 0.25) is 0 Å². The molecule has 1 saturated carbocycles. The zero-order valence-corrected chi connectivity index (χ0v) is 14.7. The molecule has 3 heteroatoms. The molecule has 21 heavy (non-hydrogen) atoms. The molecule has 0 aliphatic heterocycles. The van der Waals surface area contributed by atoms with Gasteiger partial charge >= 0.3 is 0 Å². The number of hydrogen-bond acceptors (Lipinski definition) is 1. The van der Waals surface area contributed by atoms with Gasteiger partial charge in [-0.05, 0) is 55.8 Å². The lowest BCUT2D eigenvalue weighted by molar-refractivity contribution is 0.217. The number of hydrogen-bond donors (Lipinski definition) is 1. The highest BCUT2D eigenvalue weighted by atomic mass is 35.5. The summed E-state index contributed by atoms with van der Waals surface area (Å²) in [5.41, 5.74) is 1.20. The molecular weight excluding hydrogens is 301 g/mol. The van der Waals surface area contributed by atoms with Gasteiger partial charge in [0.05, 0.1) is 0 Å². The molecule has 0 radical (unpaired) electrons. The third-order valence-corrected chi connectivity index (χ3v) is 5.57. The first-order valence-corrected chi connectivity index (χ1v) is 9.00. The molecule has 1 N–H and O–H groups in total. The molecule has 1 atom stereocenters. The van der Waals surface area contributed by atoms with Crippen LogP contribution in [0.1, 0.15) is 51.0 Å². The average molecular weight is 328 g/mol. The maximum absolute atomic E-state index is 6.32. The van der Waals surface area contributed by atoms with Crippen LogP contribution in [0.25, 0.3) is 0 Å². The summed E-state index contributed by atoms with van der Waals surface area (Å²) in [6.45, 7) is 2.30. The largest absolute Gasteiger partial charge is 0.316 e. The molecular formula is C18H27Cl2N. The van der Waals surface area contributed by atoms with Crippen molar-refractivity contribution in [2.75, 3.05) is 7.05 Å². The zero-order valence-electron chi connectivity index (χ0n) is 13.2. The second-order valence-electron chi connectivity index (χ2n) is 6.40. The molecule has 0 spiro atoms. The molecule has 0 aromatic heterocycles. The molecule has 2 rings (SSSR count). The Labute approximate surface area is 139 Å². The summed E-state index contributed by atoms with van der Waals surface area (Å²) in [5.74, 6) is 1.73. The number of likely N-dealkylation sites (N-methyl/N-ethyl adjacent to an activating group) is 1. The summed E-state index contributed by atoms with van der Waals surface area (Å²) in [4.78, 5) is 0. The van der Waals surface area contributed by atoms with Gasteiger partial charge < -0.3 is 5.32 Å². The van der Waals surface area contributed by atoms with E-state index in [1.54, 1.807) is 0 Å². The summed E-state index contributed by atoms with van der Waals surface area (Å²) >= 11 is 12.3. The van der Waals surface area contributed by atoms with Gasteiger partial charge in [-0.15, -0.1) is 0 Å². The van der Waals surface area contributed by atoms with E-state index in [1.807, 2.05) is 12.1 Å². The Morgan fingerprint density at radius 3 is 2.48 bits per heavy atom. The predicted molar refractivity (Wildman–Crippen MR) is 93.4 cm³/mol. The van der Waals surface area contributed by atoms with Crippen molar-refractivity contribution in [2.24, 2.45) is 11.8 Å². The molecule has 0 heterocycles. The number of rotatable bonds is 6. The molecule has 1 aliphatic carbocycles. The highest BCUT2D eigenvalue weighted by Crippen LogP contribution is 2.34. The Morgan fingerprint density at radius 2 is 1.90 bits per heavy atom. The first-order valence-electron chi connectivity index (χ1n) is 8.25. The fourth-order valence-corrected chi connectivity index (χ4v) is 4.20. The normalized spacial score (nSPS) is 24.0. The van der Waals surface area contributed by atoms with Crippen LogP contribution in [0, 0.1) is 11.8 Å². The van der Waals surface area contributed by atoms with E-state index in [0.717, 1.165) is 23.3 Å². The topological polar surface area (TPSA) is 12.0 Å². The average Bonchev–Trinajstić information content (AvgIpc) is 2.48. The Hall–Kier alpha value is -0.240. The molecule has 0 amide bonds. The molecule has 1 aromatic rings. The second-order valence-corrected chi connectivity index (χ2v) is 7.25. The van der Waals surface area contributed by atoms with Crippen LogP contribution in [0.4, 0.5) is 0 Å². The SMILES string of the molecule is CCCC1CCC(C(Cc2ccc(Cl)cc2Cl)NC)CC1. The summed E-state index contributed by atoms with van der Waals surface area (Å²) in [5, 5.41) is 5.02. The van der Waals surface area contributed by atoms with Crippen molar-refractivity contribution in [1.29, 1.82) is 0 Å². The van der Waals surface area contributed by atoms with Crippen LogP contribution in [0.3, 0.4) is 0 Å². The minimum absolute atomic E-state index is 0.520. The molecule has 118 valence electrons. The van der Waals surface area contributed by atoms with E-state index < -0.39 is 0 Å². The molecule has 1 aliphatic rings. The van der Waals surface area contributed by atoms with Crippen LogP contribution in [-0.4, -0.2) is 13.1 Å². The Morgan fingerprint density at radius 1 is 1.19 bits per heavy atom. The minimum atomic E-state index is 0.520. The van der Waals surface area contributed by atoms with Gasteiger partial charge in [0.1, 0.15) is 0 Å². The van der Waals surface area contributed by atoms with Crippen molar-refractivity contribution < 1.29 is 0 Å². The van der Waals surface area contributed by atoms with Crippen LogP contribution >= 0.6 is 23.2 Å². The zero-order chi connectivity index (χ0) is 15.2. The van der Waals surface area contributed by atoms with E-state index in [4.69, 9.17) is 23.2 Å². The fraction of sp³-hybridized carbons (Fsp3) is 0.667. The lowest BCUT2D eigenvalue weighted by Gasteiger charge is -2.34. The van der Waals surface area contributed by atoms with Gasteiger partial charge in [-0.25, -0.2) is 0 Å². The van der Waals surface area contributed by atoms with Crippen molar-refractivity contribution in [3.63, 3.8) is 0 Å². The van der Waals surface area contributed by atoms with Crippen molar-refractivity contribution in [3.8, 4) is 0 Å². The van der Waals surface area contributed by atoms with E-state index in [2.05, 4.69) is 25.4 Å². The van der Waals surface area contributed by atoms with Gasteiger partial charge in [-0.2, -0.15) is 0 Å². The van der Waals surface area contributed by atoms with E-state index >= 15 is 0 Å². The molecule has 1 nitrogen and oxygen atoms in total. The van der Waals surface area contributed by atoms with E-state index in [9.17, 15) is 0 Å². The lowest BCUT2D eigenvalue weighted by atomic mass is 9.76. The van der Waals surface area contributed by atoms with Crippen LogP contribution in [0.15, 0.2) is 18.2 Å². The maximum atomic E-state index is 6.32. The second kappa shape index (κ2) is 8.41. The summed E-state index contributed by atoms with van der Waals surface area (Å²) in [7, 11) is 2.08. The smallest absolute Gasteiger partial charge is 0.0453 e. The van der Waals surface area contributed by atoms with Crippen LogP contribution in [-0.2, 0) is 6.42 Å². The Kier molecular flexibility index (Phi) is 6.85. The van der Waals surface area contributed by atoms with Crippen molar-refractivity contribution >= 4 is 23.2 Å². The van der Waals surface area contributed by atoms with Crippen LogP contribution in [0.2, 0.25) is 10.0 Å². The third kappa shape index (κ3) is 4.87. The Balaban J connectivity index is 1.94. The molecule has 1 unspecified atom stereocenters.